The Balaban J connectivity index is 1.76. The summed E-state index contributed by atoms with van der Waals surface area (Å²) in [6.45, 7) is 3.81. The molecule has 0 radical (unpaired) electrons. The van der Waals surface area contributed by atoms with Crippen LogP contribution in [0.25, 0.3) is 5.69 Å². The van der Waals surface area contributed by atoms with E-state index >= 15 is 0 Å². The van der Waals surface area contributed by atoms with Crippen LogP contribution in [0.4, 0.5) is 10.1 Å². The topological polar surface area (TPSA) is 73.2 Å². The molecule has 1 aromatic heterocycles. The highest BCUT2D eigenvalue weighted by molar-refractivity contribution is 6.04. The van der Waals surface area contributed by atoms with Crippen LogP contribution in [0.3, 0.4) is 0 Å². The zero-order valence-corrected chi connectivity index (χ0v) is 14.9. The van der Waals surface area contributed by atoms with E-state index in [1.807, 2.05) is 0 Å². The summed E-state index contributed by atoms with van der Waals surface area (Å²) >= 11 is 0. The van der Waals surface area contributed by atoms with Crippen LogP contribution >= 0.6 is 0 Å². The molecular weight excluding hydrogens is 349 g/mol. The van der Waals surface area contributed by atoms with Gasteiger partial charge in [0.05, 0.1) is 24.2 Å². The monoisotopic (exact) mass is 367 g/mol. The number of amides is 1. The van der Waals surface area contributed by atoms with Crippen molar-refractivity contribution in [2.24, 2.45) is 0 Å². The molecule has 0 bridgehead atoms. The zero-order chi connectivity index (χ0) is 19.4. The van der Waals surface area contributed by atoms with Crippen molar-refractivity contribution in [2.45, 2.75) is 13.8 Å². The fourth-order valence-electron chi connectivity index (χ4n) is 2.57. The number of hydrogen-bond acceptors (Lipinski definition) is 4. The van der Waals surface area contributed by atoms with Crippen molar-refractivity contribution in [1.82, 2.24) is 9.78 Å². The highest BCUT2D eigenvalue weighted by Crippen LogP contribution is 2.17. The predicted molar refractivity (Wildman–Crippen MR) is 98.6 cm³/mol. The second kappa shape index (κ2) is 7.82. The first-order valence-electron chi connectivity index (χ1n) is 8.38. The molecule has 0 aliphatic heterocycles. The van der Waals surface area contributed by atoms with Crippen LogP contribution in [0.1, 0.15) is 33.3 Å². The molecule has 3 rings (SSSR count). The van der Waals surface area contributed by atoms with Gasteiger partial charge in [0.1, 0.15) is 11.4 Å². The van der Waals surface area contributed by atoms with E-state index in [1.54, 1.807) is 42.8 Å². The summed E-state index contributed by atoms with van der Waals surface area (Å²) in [7, 11) is 0. The number of nitrogens with one attached hydrogen (secondary N) is 1. The van der Waals surface area contributed by atoms with Gasteiger partial charge in [-0.3, -0.25) is 4.79 Å². The van der Waals surface area contributed by atoms with E-state index < -0.39 is 5.97 Å². The van der Waals surface area contributed by atoms with Crippen LogP contribution in [0, 0.1) is 12.7 Å². The number of benzene rings is 2. The molecule has 0 spiro atoms. The van der Waals surface area contributed by atoms with E-state index in [4.69, 9.17) is 4.74 Å². The second-order valence-electron chi connectivity index (χ2n) is 5.78. The van der Waals surface area contributed by atoms with Crippen molar-refractivity contribution in [3.05, 3.63) is 77.4 Å². The first-order chi connectivity index (χ1) is 13.0. The van der Waals surface area contributed by atoms with Crippen molar-refractivity contribution in [3.8, 4) is 5.69 Å². The third-order valence-corrected chi connectivity index (χ3v) is 3.98. The molecule has 138 valence electrons. The third-order valence-electron chi connectivity index (χ3n) is 3.98. The highest BCUT2D eigenvalue weighted by Gasteiger charge is 2.16. The number of anilines is 1. The number of ether oxygens (including phenoxy) is 1. The summed E-state index contributed by atoms with van der Waals surface area (Å²) in [6.07, 6.45) is 1.46. The van der Waals surface area contributed by atoms with Crippen LogP contribution in [-0.4, -0.2) is 28.3 Å². The molecule has 3 aromatic rings. The van der Waals surface area contributed by atoms with Gasteiger partial charge in [-0.1, -0.05) is 0 Å². The fraction of sp³-hybridized carbons (Fsp3) is 0.150. The summed E-state index contributed by atoms with van der Waals surface area (Å²) in [6, 6.07) is 12.3. The lowest BCUT2D eigenvalue weighted by molar-refractivity contribution is 0.0525. The molecule has 0 aliphatic rings. The van der Waals surface area contributed by atoms with Gasteiger partial charge in [0, 0.05) is 11.3 Å². The van der Waals surface area contributed by atoms with E-state index in [0.29, 0.717) is 34.8 Å². The Kier molecular flexibility index (Phi) is 5.30. The maximum atomic E-state index is 12.9. The van der Waals surface area contributed by atoms with Crippen LogP contribution in [0.5, 0.6) is 0 Å². The number of esters is 1. The van der Waals surface area contributed by atoms with Crippen molar-refractivity contribution in [3.63, 3.8) is 0 Å². The Morgan fingerprint density at radius 2 is 1.78 bits per heavy atom. The smallest absolute Gasteiger partial charge is 0.341 e. The zero-order valence-electron chi connectivity index (χ0n) is 14.9. The lowest BCUT2D eigenvalue weighted by Gasteiger charge is -2.08. The first kappa shape index (κ1) is 18.3. The van der Waals surface area contributed by atoms with Crippen molar-refractivity contribution < 1.29 is 18.7 Å². The second-order valence-corrected chi connectivity index (χ2v) is 5.78. The van der Waals surface area contributed by atoms with Gasteiger partial charge in [0.15, 0.2) is 0 Å². The lowest BCUT2D eigenvalue weighted by atomic mass is 10.2. The number of hydrogen-bond donors (Lipinski definition) is 1. The van der Waals surface area contributed by atoms with Crippen molar-refractivity contribution >= 4 is 17.6 Å². The van der Waals surface area contributed by atoms with Crippen molar-refractivity contribution in [2.75, 3.05) is 11.9 Å². The number of aromatic nitrogens is 2. The molecule has 1 heterocycles. The molecule has 0 atom stereocenters. The summed E-state index contributed by atoms with van der Waals surface area (Å²) in [5, 5.41) is 6.92. The molecule has 7 heteroatoms. The average Bonchev–Trinajstić information content (AvgIpc) is 3.05. The number of halogens is 1. The van der Waals surface area contributed by atoms with Crippen LogP contribution < -0.4 is 5.32 Å². The van der Waals surface area contributed by atoms with Crippen LogP contribution in [0.2, 0.25) is 0 Å². The van der Waals surface area contributed by atoms with E-state index in [2.05, 4.69) is 10.4 Å². The maximum Gasteiger partial charge on any atom is 0.341 e. The van der Waals surface area contributed by atoms with Gasteiger partial charge >= 0.3 is 5.97 Å². The molecule has 2 aromatic carbocycles. The molecule has 1 N–H and O–H groups in total. The largest absolute Gasteiger partial charge is 0.462 e. The molecule has 27 heavy (non-hydrogen) atoms. The summed E-state index contributed by atoms with van der Waals surface area (Å²) in [4.78, 5) is 24.2. The lowest BCUT2D eigenvalue weighted by Crippen LogP contribution is -2.12. The van der Waals surface area contributed by atoms with Gasteiger partial charge in [0.25, 0.3) is 5.91 Å². The van der Waals surface area contributed by atoms with Gasteiger partial charge in [-0.25, -0.2) is 13.9 Å². The standard InChI is InChI=1S/C20H18FN3O3/c1-3-27-20(26)18-12-22-24(13(18)2)17-10-4-14(5-11-17)19(25)23-16-8-6-15(21)7-9-16/h4-12H,3H2,1-2H3,(H,23,25). The van der Waals surface area contributed by atoms with Gasteiger partial charge < -0.3 is 10.1 Å². The molecular formula is C20H18FN3O3. The van der Waals surface area contributed by atoms with E-state index in [9.17, 15) is 14.0 Å². The minimum atomic E-state index is -0.420. The van der Waals surface area contributed by atoms with Crippen molar-refractivity contribution in [1.29, 1.82) is 0 Å². The molecule has 0 saturated heterocycles. The SMILES string of the molecule is CCOC(=O)c1cnn(-c2ccc(C(=O)Nc3ccc(F)cc3)cc2)c1C. The molecule has 6 nitrogen and oxygen atoms in total. The van der Waals surface area contributed by atoms with E-state index in [-0.39, 0.29) is 11.7 Å². The Morgan fingerprint density at radius 1 is 1.11 bits per heavy atom. The predicted octanol–water partition coefficient (Wildman–Crippen LogP) is 3.75. The van der Waals surface area contributed by atoms with E-state index in [1.165, 1.54) is 30.5 Å². The molecule has 0 unspecified atom stereocenters. The van der Waals surface area contributed by atoms with E-state index in [0.717, 1.165) is 0 Å². The van der Waals surface area contributed by atoms with Gasteiger partial charge in [0.2, 0.25) is 0 Å². The summed E-state index contributed by atoms with van der Waals surface area (Å²) < 4.78 is 19.5. The minimum absolute atomic E-state index is 0.293. The maximum absolute atomic E-state index is 12.9. The Morgan fingerprint density at radius 3 is 2.41 bits per heavy atom. The normalized spacial score (nSPS) is 10.5. The Labute approximate surface area is 155 Å². The molecule has 0 fully saturated rings. The van der Waals surface area contributed by atoms with Gasteiger partial charge in [-0.2, -0.15) is 5.10 Å². The molecule has 1 amide bonds. The van der Waals surface area contributed by atoms with Crippen LogP contribution in [-0.2, 0) is 4.74 Å². The fourth-order valence-corrected chi connectivity index (χ4v) is 2.57. The first-order valence-corrected chi connectivity index (χ1v) is 8.38. The van der Waals surface area contributed by atoms with Gasteiger partial charge in [-0.15, -0.1) is 0 Å². The third kappa shape index (κ3) is 4.03. The summed E-state index contributed by atoms with van der Waals surface area (Å²) in [5.74, 6) is -1.09. The molecule has 0 saturated carbocycles. The average molecular weight is 367 g/mol. The quantitative estimate of drug-likeness (QED) is 0.697. The number of carbonyl (C=O) groups excluding carboxylic acids is 2. The van der Waals surface area contributed by atoms with Crippen LogP contribution in [0.15, 0.2) is 54.7 Å². The molecule has 0 aliphatic carbocycles. The number of rotatable bonds is 5. The number of nitrogens with zero attached hydrogens (tertiary/aromatic N) is 2. The van der Waals surface area contributed by atoms with Gasteiger partial charge in [-0.05, 0) is 62.4 Å². The Hall–Kier alpha value is -3.48. The summed E-state index contributed by atoms with van der Waals surface area (Å²) in [5.41, 5.74) is 2.71. The highest BCUT2D eigenvalue weighted by atomic mass is 19.1. The number of carbonyl (C=O) groups is 2. The Bertz CT molecular complexity index is 963. The minimum Gasteiger partial charge on any atom is -0.462 e.